The number of carbonyl (C=O) groups is 2. The molecule has 30 heavy (non-hydrogen) atoms. The highest BCUT2D eigenvalue weighted by Crippen LogP contribution is 2.22. The van der Waals surface area contributed by atoms with Gasteiger partial charge in [0.25, 0.3) is 5.91 Å². The summed E-state index contributed by atoms with van der Waals surface area (Å²) in [5.41, 5.74) is 1.53. The summed E-state index contributed by atoms with van der Waals surface area (Å²) < 4.78 is 13.1. The number of benzene rings is 2. The smallest absolute Gasteiger partial charge is 0.253 e. The van der Waals surface area contributed by atoms with Crippen molar-refractivity contribution in [1.82, 2.24) is 14.7 Å². The molecule has 158 valence electrons. The zero-order chi connectivity index (χ0) is 21.1. The Morgan fingerprint density at radius 2 is 1.83 bits per heavy atom. The summed E-state index contributed by atoms with van der Waals surface area (Å²) >= 11 is 6.03. The van der Waals surface area contributed by atoms with Crippen LogP contribution in [-0.2, 0) is 11.3 Å². The first-order valence-corrected chi connectivity index (χ1v) is 10.7. The second-order valence-corrected chi connectivity index (χ2v) is 8.32. The van der Waals surface area contributed by atoms with Gasteiger partial charge in [-0.05, 0) is 48.7 Å². The van der Waals surface area contributed by atoms with Gasteiger partial charge in [-0.1, -0.05) is 29.8 Å². The Hall–Kier alpha value is -2.44. The molecule has 5 nitrogen and oxygen atoms in total. The van der Waals surface area contributed by atoms with E-state index in [0.29, 0.717) is 43.3 Å². The maximum absolute atomic E-state index is 13.1. The van der Waals surface area contributed by atoms with Crippen molar-refractivity contribution in [3.63, 3.8) is 0 Å². The normalized spacial score (nSPS) is 20.5. The molecule has 2 heterocycles. The molecular formula is C23H25ClFN3O2. The minimum absolute atomic E-state index is 0.0185. The van der Waals surface area contributed by atoms with Gasteiger partial charge >= 0.3 is 0 Å². The van der Waals surface area contributed by atoms with Gasteiger partial charge in [0.05, 0.1) is 6.04 Å². The quantitative estimate of drug-likeness (QED) is 0.748. The third kappa shape index (κ3) is 4.65. The summed E-state index contributed by atoms with van der Waals surface area (Å²) in [4.78, 5) is 31.7. The number of hydrogen-bond donors (Lipinski definition) is 0. The molecule has 0 saturated carbocycles. The van der Waals surface area contributed by atoms with Gasteiger partial charge in [0, 0.05) is 49.9 Å². The molecule has 4 rings (SSSR count). The Kier molecular flexibility index (Phi) is 6.35. The minimum atomic E-state index is -0.272. The van der Waals surface area contributed by atoms with E-state index in [1.807, 2.05) is 9.80 Å². The number of carbonyl (C=O) groups excluding carboxylic acids is 2. The molecule has 1 atom stereocenters. The molecule has 2 aliphatic heterocycles. The van der Waals surface area contributed by atoms with Gasteiger partial charge < -0.3 is 9.80 Å². The molecule has 0 aromatic heterocycles. The summed E-state index contributed by atoms with van der Waals surface area (Å²) in [5, 5.41) is 0.551. The third-order valence-corrected chi connectivity index (χ3v) is 6.12. The number of nitrogens with zero attached hydrogens (tertiary/aromatic N) is 3. The Labute approximate surface area is 181 Å². The summed E-state index contributed by atoms with van der Waals surface area (Å²) in [5.74, 6) is -0.171. The Morgan fingerprint density at radius 3 is 2.60 bits per heavy atom. The summed E-state index contributed by atoms with van der Waals surface area (Å²) in [6.07, 6.45) is 1.61. The van der Waals surface area contributed by atoms with Crippen molar-refractivity contribution >= 4 is 23.4 Å². The van der Waals surface area contributed by atoms with E-state index in [9.17, 15) is 14.0 Å². The molecule has 0 radical (unpaired) electrons. The number of likely N-dealkylation sites (tertiary alicyclic amines) is 1. The van der Waals surface area contributed by atoms with Crippen LogP contribution in [0.15, 0.2) is 48.5 Å². The first kappa shape index (κ1) is 20.8. The average molecular weight is 430 g/mol. The van der Waals surface area contributed by atoms with Crippen molar-refractivity contribution in [2.75, 3.05) is 32.7 Å². The van der Waals surface area contributed by atoms with E-state index in [1.54, 1.807) is 36.4 Å². The lowest BCUT2D eigenvalue weighted by Gasteiger charge is -2.26. The average Bonchev–Trinajstić information content (AvgIpc) is 2.95. The van der Waals surface area contributed by atoms with E-state index < -0.39 is 0 Å². The number of amides is 2. The van der Waals surface area contributed by atoms with Crippen LogP contribution in [0.5, 0.6) is 0 Å². The molecule has 2 aromatic carbocycles. The molecule has 0 N–H and O–H groups in total. The van der Waals surface area contributed by atoms with Crippen molar-refractivity contribution in [2.45, 2.75) is 25.4 Å². The predicted molar refractivity (Wildman–Crippen MR) is 114 cm³/mol. The second-order valence-electron chi connectivity index (χ2n) is 7.88. The van der Waals surface area contributed by atoms with Crippen LogP contribution in [0.2, 0.25) is 5.02 Å². The van der Waals surface area contributed by atoms with Crippen LogP contribution in [0.1, 0.15) is 28.8 Å². The van der Waals surface area contributed by atoms with Crippen LogP contribution in [0.4, 0.5) is 4.39 Å². The molecule has 2 saturated heterocycles. The molecule has 2 fully saturated rings. The van der Waals surface area contributed by atoms with Gasteiger partial charge in [0.1, 0.15) is 5.82 Å². The molecule has 0 spiro atoms. The van der Waals surface area contributed by atoms with E-state index in [1.165, 1.54) is 12.1 Å². The van der Waals surface area contributed by atoms with Crippen molar-refractivity contribution in [3.8, 4) is 0 Å². The van der Waals surface area contributed by atoms with Crippen LogP contribution in [0, 0.1) is 5.82 Å². The fourth-order valence-electron chi connectivity index (χ4n) is 4.28. The fraction of sp³-hybridized carbons (Fsp3) is 0.391. The van der Waals surface area contributed by atoms with Gasteiger partial charge in [0.2, 0.25) is 5.91 Å². The maximum Gasteiger partial charge on any atom is 0.253 e. The van der Waals surface area contributed by atoms with Crippen molar-refractivity contribution in [3.05, 3.63) is 70.5 Å². The second kappa shape index (κ2) is 9.14. The van der Waals surface area contributed by atoms with Crippen LogP contribution < -0.4 is 0 Å². The van der Waals surface area contributed by atoms with Crippen molar-refractivity contribution < 1.29 is 14.0 Å². The monoisotopic (exact) mass is 429 g/mol. The molecule has 0 bridgehead atoms. The largest absolute Gasteiger partial charge is 0.337 e. The maximum atomic E-state index is 13.1. The van der Waals surface area contributed by atoms with Gasteiger partial charge in [-0.15, -0.1) is 0 Å². The Balaban J connectivity index is 1.35. The summed E-state index contributed by atoms with van der Waals surface area (Å²) in [6, 6.07) is 13.2. The van der Waals surface area contributed by atoms with Gasteiger partial charge in [-0.3, -0.25) is 14.5 Å². The third-order valence-electron chi connectivity index (χ3n) is 5.89. The van der Waals surface area contributed by atoms with E-state index >= 15 is 0 Å². The molecule has 0 unspecified atom stereocenters. The lowest BCUT2D eigenvalue weighted by molar-refractivity contribution is -0.132. The fourth-order valence-corrected chi connectivity index (χ4v) is 4.48. The summed E-state index contributed by atoms with van der Waals surface area (Å²) in [7, 11) is 0. The Morgan fingerprint density at radius 1 is 1.03 bits per heavy atom. The highest BCUT2D eigenvalue weighted by molar-refractivity contribution is 6.30. The first-order chi connectivity index (χ1) is 14.5. The van der Waals surface area contributed by atoms with Gasteiger partial charge in [-0.2, -0.15) is 0 Å². The lowest BCUT2D eigenvalue weighted by Crippen LogP contribution is -2.44. The van der Waals surface area contributed by atoms with E-state index in [4.69, 9.17) is 11.6 Å². The molecule has 2 amide bonds. The molecule has 2 aromatic rings. The van der Waals surface area contributed by atoms with Crippen LogP contribution >= 0.6 is 11.6 Å². The number of rotatable bonds is 4. The van der Waals surface area contributed by atoms with E-state index in [0.717, 1.165) is 24.9 Å². The highest BCUT2D eigenvalue weighted by Gasteiger charge is 2.36. The molecule has 7 heteroatoms. The first-order valence-electron chi connectivity index (χ1n) is 10.3. The predicted octanol–water partition coefficient (Wildman–Crippen LogP) is 3.43. The van der Waals surface area contributed by atoms with Crippen molar-refractivity contribution in [1.29, 1.82) is 0 Å². The zero-order valence-electron chi connectivity index (χ0n) is 16.8. The summed E-state index contributed by atoms with van der Waals surface area (Å²) in [6.45, 7) is 3.92. The van der Waals surface area contributed by atoms with Gasteiger partial charge in [0.15, 0.2) is 0 Å². The highest BCUT2D eigenvalue weighted by atomic mass is 35.5. The standard InChI is InChI=1S/C23H25ClFN3O2/c24-19-4-1-3-18(15-19)22(29)27-11-2-10-26(13-14-27)21-9-12-28(23(21)30)16-17-5-7-20(25)8-6-17/h1,3-8,15,21H,2,9-14,16H2/t21-/m1/s1. The van der Waals surface area contributed by atoms with Gasteiger partial charge in [-0.25, -0.2) is 4.39 Å². The molecule has 0 aliphatic carbocycles. The lowest BCUT2D eigenvalue weighted by atomic mass is 10.2. The van der Waals surface area contributed by atoms with Crippen LogP contribution in [0.25, 0.3) is 0 Å². The topological polar surface area (TPSA) is 43.9 Å². The number of halogens is 2. The number of hydrogen-bond acceptors (Lipinski definition) is 3. The van der Waals surface area contributed by atoms with Crippen LogP contribution in [0.3, 0.4) is 0 Å². The Bertz CT molecular complexity index is 921. The zero-order valence-corrected chi connectivity index (χ0v) is 17.5. The van der Waals surface area contributed by atoms with Crippen LogP contribution in [-0.4, -0.2) is 65.3 Å². The van der Waals surface area contributed by atoms with Crippen molar-refractivity contribution in [2.24, 2.45) is 0 Å². The molecular weight excluding hydrogens is 405 g/mol. The van der Waals surface area contributed by atoms with E-state index in [-0.39, 0.29) is 23.7 Å². The van der Waals surface area contributed by atoms with E-state index in [2.05, 4.69) is 4.90 Å². The minimum Gasteiger partial charge on any atom is -0.337 e. The SMILES string of the molecule is O=C(c1cccc(Cl)c1)N1CCCN([C@@H]2CCN(Cc3ccc(F)cc3)C2=O)CC1. The molecule has 2 aliphatic rings.